The number of nitrogens with one attached hydrogen (secondary N) is 2. The highest BCUT2D eigenvalue weighted by molar-refractivity contribution is 7.99. The third-order valence-electron chi connectivity index (χ3n) is 2.29. The first-order valence-corrected chi connectivity index (χ1v) is 6.09. The lowest BCUT2D eigenvalue weighted by molar-refractivity contribution is 0.342. The van der Waals surface area contributed by atoms with E-state index in [9.17, 15) is 0 Å². The second-order valence-corrected chi connectivity index (χ2v) is 4.52. The summed E-state index contributed by atoms with van der Waals surface area (Å²) in [7, 11) is 0. The number of thioether (sulfide) groups is 1. The normalized spacial score (nSPS) is 21.1. The number of hydrogen-bond acceptors (Lipinski definition) is 7. The number of nitrogens with zero attached hydrogens (tertiary/aromatic N) is 4. The van der Waals surface area contributed by atoms with E-state index < -0.39 is 0 Å². The third kappa shape index (κ3) is 1.81. The summed E-state index contributed by atoms with van der Waals surface area (Å²) < 4.78 is 5.20. The molecular weight excluding hydrogens is 228 g/mol. The molecule has 0 aromatic carbocycles. The zero-order valence-corrected chi connectivity index (χ0v) is 9.20. The van der Waals surface area contributed by atoms with Gasteiger partial charge in [0.05, 0.1) is 6.04 Å². The fourth-order valence-electron chi connectivity index (χ4n) is 1.51. The fraction of sp³-hybridized carbons (Fsp3) is 0.500. The van der Waals surface area contributed by atoms with Crippen molar-refractivity contribution in [3.8, 4) is 11.6 Å². The summed E-state index contributed by atoms with van der Waals surface area (Å²) in [6.45, 7) is 0.968. The summed E-state index contributed by atoms with van der Waals surface area (Å²) in [5.74, 6) is 3.67. The second kappa shape index (κ2) is 4.22. The van der Waals surface area contributed by atoms with Crippen LogP contribution >= 0.6 is 11.8 Å². The minimum absolute atomic E-state index is 0.142. The zero-order chi connectivity index (χ0) is 10.8. The smallest absolute Gasteiger partial charge is 0.245 e. The third-order valence-corrected chi connectivity index (χ3v) is 3.35. The summed E-state index contributed by atoms with van der Waals surface area (Å²) >= 11 is 1.88. The molecule has 0 bridgehead atoms. The number of aromatic nitrogens is 5. The Kier molecular flexibility index (Phi) is 2.58. The van der Waals surface area contributed by atoms with E-state index in [-0.39, 0.29) is 6.04 Å². The van der Waals surface area contributed by atoms with Crippen molar-refractivity contribution in [2.45, 2.75) is 6.04 Å². The van der Waals surface area contributed by atoms with Gasteiger partial charge in [-0.3, -0.25) is 5.10 Å². The number of aromatic amines is 1. The number of hydrogen-bond donors (Lipinski definition) is 2. The molecule has 3 heterocycles. The van der Waals surface area contributed by atoms with E-state index in [4.69, 9.17) is 4.52 Å². The van der Waals surface area contributed by atoms with Crippen LogP contribution in [-0.2, 0) is 0 Å². The molecule has 1 unspecified atom stereocenters. The van der Waals surface area contributed by atoms with Crippen LogP contribution in [0.25, 0.3) is 11.6 Å². The second-order valence-electron chi connectivity index (χ2n) is 3.37. The maximum Gasteiger partial charge on any atom is 0.245 e. The van der Waals surface area contributed by atoms with Crippen molar-refractivity contribution < 1.29 is 4.52 Å². The fourth-order valence-corrected chi connectivity index (χ4v) is 2.44. The Bertz CT molecular complexity index is 449. The van der Waals surface area contributed by atoms with E-state index in [2.05, 4.69) is 30.6 Å². The van der Waals surface area contributed by atoms with E-state index in [1.54, 1.807) is 0 Å². The first-order chi connectivity index (χ1) is 7.93. The molecule has 1 saturated heterocycles. The van der Waals surface area contributed by atoms with Crippen LogP contribution in [0.5, 0.6) is 0 Å². The first-order valence-electron chi connectivity index (χ1n) is 4.94. The van der Waals surface area contributed by atoms with Gasteiger partial charge in [0.2, 0.25) is 11.7 Å². The molecular formula is C8H10N6OS. The Morgan fingerprint density at radius 2 is 2.50 bits per heavy atom. The van der Waals surface area contributed by atoms with Gasteiger partial charge in [0.1, 0.15) is 6.33 Å². The Balaban J connectivity index is 1.82. The van der Waals surface area contributed by atoms with E-state index >= 15 is 0 Å². The minimum atomic E-state index is 0.142. The molecule has 3 rings (SSSR count). The van der Waals surface area contributed by atoms with Crippen LogP contribution in [0.3, 0.4) is 0 Å². The molecule has 0 radical (unpaired) electrons. The summed E-state index contributed by atoms with van der Waals surface area (Å²) in [6.07, 6.45) is 1.42. The topological polar surface area (TPSA) is 92.5 Å². The molecule has 1 fully saturated rings. The SMILES string of the molecule is c1n[nH]c(-c2noc(C3CSCCN3)n2)n1. The van der Waals surface area contributed by atoms with Gasteiger partial charge in [-0.15, -0.1) is 0 Å². The summed E-state index contributed by atoms with van der Waals surface area (Å²) in [6, 6.07) is 0.142. The first kappa shape index (κ1) is 9.79. The molecule has 0 spiro atoms. The van der Waals surface area contributed by atoms with Crippen molar-refractivity contribution in [2.75, 3.05) is 18.1 Å². The molecule has 1 aliphatic rings. The molecule has 8 heteroatoms. The highest BCUT2D eigenvalue weighted by Crippen LogP contribution is 2.21. The monoisotopic (exact) mass is 238 g/mol. The Hall–Kier alpha value is -1.41. The van der Waals surface area contributed by atoms with Crippen LogP contribution in [0.15, 0.2) is 10.9 Å². The zero-order valence-electron chi connectivity index (χ0n) is 8.38. The van der Waals surface area contributed by atoms with Gasteiger partial charge in [-0.2, -0.15) is 21.8 Å². The van der Waals surface area contributed by atoms with Gasteiger partial charge in [-0.05, 0) is 0 Å². The van der Waals surface area contributed by atoms with Crippen LogP contribution < -0.4 is 5.32 Å². The minimum Gasteiger partial charge on any atom is -0.337 e. The molecule has 0 amide bonds. The van der Waals surface area contributed by atoms with Gasteiger partial charge in [-0.1, -0.05) is 5.16 Å². The van der Waals surface area contributed by atoms with Gasteiger partial charge < -0.3 is 9.84 Å². The van der Waals surface area contributed by atoms with E-state index in [1.165, 1.54) is 6.33 Å². The molecule has 1 atom stereocenters. The molecule has 2 N–H and O–H groups in total. The number of rotatable bonds is 2. The summed E-state index contributed by atoms with van der Waals surface area (Å²) in [4.78, 5) is 8.26. The average molecular weight is 238 g/mol. The maximum absolute atomic E-state index is 5.20. The molecule has 7 nitrogen and oxygen atoms in total. The molecule has 0 saturated carbocycles. The van der Waals surface area contributed by atoms with E-state index in [1.807, 2.05) is 11.8 Å². The lowest BCUT2D eigenvalue weighted by Gasteiger charge is -2.19. The van der Waals surface area contributed by atoms with Crippen LogP contribution in [0.2, 0.25) is 0 Å². The molecule has 84 valence electrons. The molecule has 2 aromatic heterocycles. The quantitative estimate of drug-likeness (QED) is 0.773. The average Bonchev–Trinajstić information content (AvgIpc) is 3.01. The van der Waals surface area contributed by atoms with Crippen LogP contribution in [0.4, 0.5) is 0 Å². The highest BCUT2D eigenvalue weighted by Gasteiger charge is 2.22. The Labute approximate surface area is 95.4 Å². The molecule has 16 heavy (non-hydrogen) atoms. The number of H-pyrrole nitrogens is 1. The van der Waals surface area contributed by atoms with Gasteiger partial charge in [0.25, 0.3) is 0 Å². The Morgan fingerprint density at radius 1 is 1.50 bits per heavy atom. The van der Waals surface area contributed by atoms with Crippen molar-refractivity contribution in [3.05, 3.63) is 12.2 Å². The van der Waals surface area contributed by atoms with Crippen LogP contribution in [0.1, 0.15) is 11.9 Å². The van der Waals surface area contributed by atoms with Gasteiger partial charge in [0.15, 0.2) is 5.82 Å². The lowest BCUT2D eigenvalue weighted by Crippen LogP contribution is -2.30. The van der Waals surface area contributed by atoms with Crippen molar-refractivity contribution in [2.24, 2.45) is 0 Å². The largest absolute Gasteiger partial charge is 0.337 e. The molecule has 2 aromatic rings. The van der Waals surface area contributed by atoms with Crippen LogP contribution in [0, 0.1) is 0 Å². The van der Waals surface area contributed by atoms with E-state index in [0.717, 1.165) is 18.1 Å². The molecule has 1 aliphatic heterocycles. The van der Waals surface area contributed by atoms with Crippen molar-refractivity contribution in [1.29, 1.82) is 0 Å². The van der Waals surface area contributed by atoms with Crippen LogP contribution in [-0.4, -0.2) is 43.4 Å². The molecule has 0 aliphatic carbocycles. The maximum atomic E-state index is 5.20. The van der Waals surface area contributed by atoms with E-state index in [0.29, 0.717) is 17.5 Å². The van der Waals surface area contributed by atoms with Crippen molar-refractivity contribution in [1.82, 2.24) is 30.6 Å². The summed E-state index contributed by atoms with van der Waals surface area (Å²) in [5, 5.41) is 13.6. The predicted molar refractivity (Wildman–Crippen MR) is 57.7 cm³/mol. The standard InChI is InChI=1S/C8H10N6OS/c1-2-16-3-5(9-1)8-12-7(14-15-8)6-10-4-11-13-6/h4-5,9H,1-3H2,(H,10,11,13). The lowest BCUT2D eigenvalue weighted by atomic mass is 10.3. The van der Waals surface area contributed by atoms with Gasteiger partial charge >= 0.3 is 0 Å². The summed E-state index contributed by atoms with van der Waals surface area (Å²) in [5.41, 5.74) is 0. The Morgan fingerprint density at radius 3 is 3.25 bits per heavy atom. The van der Waals surface area contributed by atoms with Crippen molar-refractivity contribution >= 4 is 11.8 Å². The highest BCUT2D eigenvalue weighted by atomic mass is 32.2. The predicted octanol–water partition coefficient (Wildman–Crippen LogP) is 0.232. The van der Waals surface area contributed by atoms with Gasteiger partial charge in [0, 0.05) is 18.1 Å². The van der Waals surface area contributed by atoms with Gasteiger partial charge in [-0.25, -0.2) is 4.98 Å². The van der Waals surface area contributed by atoms with Crippen molar-refractivity contribution in [3.63, 3.8) is 0 Å².